The number of imide groups is 1. The largest absolute Gasteiger partial charge is 0.325 e. The number of nitrogens with zero attached hydrogens (tertiary/aromatic N) is 1. The molecular formula is C24H28N2O3. The lowest BCUT2D eigenvalue weighted by molar-refractivity contribution is -0.130. The van der Waals surface area contributed by atoms with Gasteiger partial charge in [0.25, 0.3) is 5.91 Å². The van der Waals surface area contributed by atoms with Gasteiger partial charge in [-0.05, 0) is 67.5 Å². The third-order valence-corrected chi connectivity index (χ3v) is 5.87. The van der Waals surface area contributed by atoms with Crippen LogP contribution in [0.25, 0.3) is 0 Å². The van der Waals surface area contributed by atoms with Crippen molar-refractivity contribution >= 4 is 17.7 Å². The summed E-state index contributed by atoms with van der Waals surface area (Å²) in [5, 5.41) is 2.77. The summed E-state index contributed by atoms with van der Waals surface area (Å²) in [6.45, 7) is 11.4. The second-order valence-corrected chi connectivity index (χ2v) is 8.40. The molecule has 2 aromatic rings. The number of nitrogens with one attached hydrogen (secondary N) is 1. The highest BCUT2D eigenvalue weighted by molar-refractivity contribution is 6.11. The molecule has 0 aliphatic carbocycles. The van der Waals surface area contributed by atoms with E-state index in [1.54, 1.807) is 6.92 Å². The van der Waals surface area contributed by atoms with Crippen molar-refractivity contribution in [2.45, 2.75) is 53.0 Å². The first-order valence-electron chi connectivity index (χ1n) is 9.90. The van der Waals surface area contributed by atoms with E-state index >= 15 is 0 Å². The van der Waals surface area contributed by atoms with E-state index in [1.165, 1.54) is 0 Å². The van der Waals surface area contributed by atoms with Gasteiger partial charge in [-0.1, -0.05) is 44.2 Å². The molecule has 0 spiro atoms. The molecule has 0 radical (unpaired) electrons. The average Bonchev–Trinajstić information content (AvgIpc) is 2.88. The van der Waals surface area contributed by atoms with Gasteiger partial charge in [-0.2, -0.15) is 0 Å². The first-order chi connectivity index (χ1) is 13.5. The molecule has 0 bridgehead atoms. The minimum atomic E-state index is -1.18. The Labute approximate surface area is 172 Å². The van der Waals surface area contributed by atoms with E-state index < -0.39 is 17.5 Å². The molecule has 1 aliphatic heterocycles. The summed E-state index contributed by atoms with van der Waals surface area (Å²) in [6.07, 6.45) is 0. The lowest BCUT2D eigenvalue weighted by Gasteiger charge is -2.23. The van der Waals surface area contributed by atoms with Crippen molar-refractivity contribution in [3.63, 3.8) is 0 Å². The molecule has 5 nitrogen and oxygen atoms in total. The number of rotatable bonds is 5. The van der Waals surface area contributed by atoms with Gasteiger partial charge in [0.1, 0.15) is 5.54 Å². The van der Waals surface area contributed by atoms with E-state index in [9.17, 15) is 14.4 Å². The standard InChI is InChI=1S/C24H28N2O3/c1-14(2)18-7-9-19(10-8-18)24(6)22(28)26(23(29)25-24)13-21(27)20-12-16(4)15(3)11-17(20)5/h7-12,14H,13H2,1-6H3,(H,25,29)/t24-/m0/s1. The normalized spacial score (nSPS) is 19.1. The molecule has 29 heavy (non-hydrogen) atoms. The van der Waals surface area contributed by atoms with Crippen molar-refractivity contribution in [1.82, 2.24) is 10.2 Å². The third kappa shape index (κ3) is 3.69. The van der Waals surface area contributed by atoms with Crippen LogP contribution in [0, 0.1) is 20.8 Å². The SMILES string of the molecule is Cc1cc(C)c(C(=O)CN2C(=O)N[C@@](C)(c3ccc(C(C)C)cc3)C2=O)cc1C. The lowest BCUT2D eigenvalue weighted by Crippen LogP contribution is -2.41. The first-order valence-corrected chi connectivity index (χ1v) is 9.90. The van der Waals surface area contributed by atoms with Gasteiger partial charge >= 0.3 is 6.03 Å². The van der Waals surface area contributed by atoms with Crippen LogP contribution in [0.15, 0.2) is 36.4 Å². The topological polar surface area (TPSA) is 66.5 Å². The van der Waals surface area contributed by atoms with E-state index in [-0.39, 0.29) is 12.3 Å². The summed E-state index contributed by atoms with van der Waals surface area (Å²) in [7, 11) is 0. The zero-order chi connectivity index (χ0) is 21.5. The second-order valence-electron chi connectivity index (χ2n) is 8.40. The molecule has 1 atom stereocenters. The quantitative estimate of drug-likeness (QED) is 0.606. The number of hydrogen-bond donors (Lipinski definition) is 1. The van der Waals surface area contributed by atoms with Gasteiger partial charge in [-0.15, -0.1) is 0 Å². The van der Waals surface area contributed by atoms with E-state index in [2.05, 4.69) is 19.2 Å². The van der Waals surface area contributed by atoms with E-state index in [0.29, 0.717) is 17.0 Å². The van der Waals surface area contributed by atoms with E-state index in [1.807, 2.05) is 57.2 Å². The molecule has 1 N–H and O–H groups in total. The second kappa shape index (κ2) is 7.47. The van der Waals surface area contributed by atoms with Gasteiger partial charge in [-0.3, -0.25) is 14.5 Å². The predicted octanol–water partition coefficient (Wildman–Crippen LogP) is 4.39. The van der Waals surface area contributed by atoms with Crippen LogP contribution in [0.4, 0.5) is 4.79 Å². The minimum Gasteiger partial charge on any atom is -0.319 e. The van der Waals surface area contributed by atoms with Gasteiger partial charge in [-0.25, -0.2) is 4.79 Å². The van der Waals surface area contributed by atoms with Crippen molar-refractivity contribution in [2.24, 2.45) is 0 Å². The number of carbonyl (C=O) groups excluding carboxylic acids is 3. The summed E-state index contributed by atoms with van der Waals surface area (Å²) in [4.78, 5) is 39.6. The molecule has 3 rings (SSSR count). The number of aryl methyl sites for hydroxylation is 3. The predicted molar refractivity (Wildman–Crippen MR) is 113 cm³/mol. The Morgan fingerprint density at radius 1 is 1.00 bits per heavy atom. The fourth-order valence-electron chi connectivity index (χ4n) is 3.73. The van der Waals surface area contributed by atoms with Crippen molar-refractivity contribution in [2.75, 3.05) is 6.54 Å². The molecular weight excluding hydrogens is 364 g/mol. The van der Waals surface area contributed by atoms with Crippen LogP contribution in [-0.2, 0) is 10.3 Å². The number of carbonyl (C=O) groups is 3. The van der Waals surface area contributed by atoms with E-state index in [0.717, 1.165) is 27.2 Å². The Kier molecular flexibility index (Phi) is 5.35. The fraction of sp³-hybridized carbons (Fsp3) is 0.375. The highest BCUT2D eigenvalue weighted by Gasteiger charge is 2.49. The van der Waals surface area contributed by atoms with Crippen LogP contribution in [0.5, 0.6) is 0 Å². The van der Waals surface area contributed by atoms with Gasteiger partial charge in [0.2, 0.25) is 0 Å². The lowest BCUT2D eigenvalue weighted by atomic mass is 9.90. The first kappa shape index (κ1) is 20.8. The van der Waals surface area contributed by atoms with Gasteiger partial charge in [0.05, 0.1) is 6.54 Å². The van der Waals surface area contributed by atoms with Crippen LogP contribution in [0.1, 0.15) is 64.9 Å². The van der Waals surface area contributed by atoms with E-state index in [4.69, 9.17) is 0 Å². The van der Waals surface area contributed by atoms with Gasteiger partial charge in [0, 0.05) is 5.56 Å². The Bertz CT molecular complexity index is 992. The monoisotopic (exact) mass is 392 g/mol. The smallest absolute Gasteiger partial charge is 0.319 e. The van der Waals surface area contributed by atoms with Gasteiger partial charge < -0.3 is 5.32 Å². The Morgan fingerprint density at radius 2 is 1.59 bits per heavy atom. The summed E-state index contributed by atoms with van der Waals surface area (Å²) in [6, 6.07) is 10.9. The Hall–Kier alpha value is -2.95. The summed E-state index contributed by atoms with van der Waals surface area (Å²) < 4.78 is 0. The number of hydrogen-bond acceptors (Lipinski definition) is 3. The summed E-state index contributed by atoms with van der Waals surface area (Å²) in [5.74, 6) is -0.274. The zero-order valence-electron chi connectivity index (χ0n) is 17.9. The van der Waals surface area contributed by atoms with Crippen LogP contribution in [0.2, 0.25) is 0 Å². The van der Waals surface area contributed by atoms with Crippen LogP contribution in [0.3, 0.4) is 0 Å². The van der Waals surface area contributed by atoms with Crippen LogP contribution < -0.4 is 5.32 Å². The Balaban J connectivity index is 1.85. The highest BCUT2D eigenvalue weighted by atomic mass is 16.2. The Morgan fingerprint density at radius 3 is 2.17 bits per heavy atom. The molecule has 0 aromatic heterocycles. The molecule has 1 fully saturated rings. The zero-order valence-corrected chi connectivity index (χ0v) is 17.9. The molecule has 3 amide bonds. The highest BCUT2D eigenvalue weighted by Crippen LogP contribution is 2.30. The maximum absolute atomic E-state index is 13.1. The van der Waals surface area contributed by atoms with Crippen molar-refractivity contribution in [3.05, 3.63) is 69.8 Å². The summed E-state index contributed by atoms with van der Waals surface area (Å²) in [5.41, 5.74) is 4.19. The number of amides is 3. The minimum absolute atomic E-state index is 0.242. The number of urea groups is 1. The maximum atomic E-state index is 13.1. The van der Waals surface area contributed by atoms with Gasteiger partial charge in [0.15, 0.2) is 5.78 Å². The van der Waals surface area contributed by atoms with Crippen molar-refractivity contribution < 1.29 is 14.4 Å². The molecule has 1 saturated heterocycles. The third-order valence-electron chi connectivity index (χ3n) is 5.87. The van der Waals surface area contributed by atoms with Crippen LogP contribution >= 0.6 is 0 Å². The molecule has 0 unspecified atom stereocenters. The fourth-order valence-corrected chi connectivity index (χ4v) is 3.73. The molecule has 0 saturated carbocycles. The van der Waals surface area contributed by atoms with Crippen molar-refractivity contribution in [3.8, 4) is 0 Å². The molecule has 5 heteroatoms. The number of ketones is 1. The molecule has 2 aromatic carbocycles. The summed E-state index contributed by atoms with van der Waals surface area (Å²) >= 11 is 0. The maximum Gasteiger partial charge on any atom is 0.325 e. The van der Waals surface area contributed by atoms with Crippen LogP contribution in [-0.4, -0.2) is 29.2 Å². The number of Topliss-reactive ketones (excluding diaryl/α,β-unsaturated/α-hetero) is 1. The molecule has 1 heterocycles. The molecule has 152 valence electrons. The number of benzene rings is 2. The average molecular weight is 392 g/mol. The van der Waals surface area contributed by atoms with Crippen molar-refractivity contribution in [1.29, 1.82) is 0 Å². The molecule has 1 aliphatic rings.